The summed E-state index contributed by atoms with van der Waals surface area (Å²) in [6, 6.07) is 4.81. The van der Waals surface area contributed by atoms with Crippen LogP contribution in [0.25, 0.3) is 5.69 Å². The average Bonchev–Trinajstić information content (AvgIpc) is 2.97. The van der Waals surface area contributed by atoms with Crippen LogP contribution in [0.3, 0.4) is 0 Å². The highest BCUT2D eigenvalue weighted by Crippen LogP contribution is 2.38. The van der Waals surface area contributed by atoms with Crippen LogP contribution in [0.2, 0.25) is 5.02 Å². The van der Waals surface area contributed by atoms with Gasteiger partial charge >= 0.3 is 6.09 Å². The molecule has 0 spiro atoms. The normalized spacial score (nSPS) is 17.2. The van der Waals surface area contributed by atoms with Gasteiger partial charge in [-0.15, -0.1) is 0 Å². The summed E-state index contributed by atoms with van der Waals surface area (Å²) in [5, 5.41) is 5.52. The van der Waals surface area contributed by atoms with Crippen LogP contribution in [0.4, 0.5) is 9.18 Å². The number of ether oxygens (including phenoxy) is 1. The Morgan fingerprint density at radius 2 is 1.96 bits per heavy atom. The smallest absolute Gasteiger partial charge is 0.410 e. The number of likely N-dealkylation sites (tertiary alicyclic amines) is 1. The minimum atomic E-state index is -0.493. The Morgan fingerprint density at radius 1 is 1.25 bits per heavy atom. The number of hydrogen-bond donors (Lipinski definition) is 0. The molecule has 0 N–H and O–H groups in total. The maximum atomic E-state index is 13.6. The summed E-state index contributed by atoms with van der Waals surface area (Å²) in [4.78, 5) is 14.0. The second-order valence-electron chi connectivity index (χ2n) is 8.57. The van der Waals surface area contributed by atoms with E-state index in [4.69, 9.17) is 21.4 Å². The molecule has 0 unspecified atom stereocenters. The molecule has 1 aromatic heterocycles. The van der Waals surface area contributed by atoms with Gasteiger partial charge in [-0.2, -0.15) is 5.10 Å². The van der Waals surface area contributed by atoms with Crippen molar-refractivity contribution in [3.8, 4) is 5.69 Å². The molecular weight excluding hydrogens is 381 g/mol. The Bertz CT molecular complexity index is 911. The molecule has 2 aromatic rings. The van der Waals surface area contributed by atoms with Crippen LogP contribution in [0.5, 0.6) is 0 Å². The monoisotopic (exact) mass is 405 g/mol. The molecule has 4 rings (SSSR count). The Hall–Kier alpha value is -2.08. The van der Waals surface area contributed by atoms with E-state index in [-0.39, 0.29) is 17.8 Å². The number of halogens is 2. The van der Waals surface area contributed by atoms with E-state index in [0.29, 0.717) is 18.1 Å². The Morgan fingerprint density at radius 3 is 2.64 bits per heavy atom. The molecule has 3 heterocycles. The zero-order chi connectivity index (χ0) is 20.1. The van der Waals surface area contributed by atoms with E-state index in [1.807, 2.05) is 25.5 Å². The second-order valence-corrected chi connectivity index (χ2v) is 8.95. The molecular formula is C21H25ClFN3O2. The molecule has 28 heavy (non-hydrogen) atoms. The van der Waals surface area contributed by atoms with Crippen LogP contribution in [-0.4, -0.2) is 39.5 Å². The highest BCUT2D eigenvalue weighted by molar-refractivity contribution is 6.32. The molecule has 0 atom stereocenters. The van der Waals surface area contributed by atoms with Crippen molar-refractivity contribution < 1.29 is 13.9 Å². The number of aryl methyl sites for hydroxylation is 1. The third kappa shape index (κ3) is 3.62. The topological polar surface area (TPSA) is 47.4 Å². The molecule has 0 aliphatic carbocycles. The highest BCUT2D eigenvalue weighted by Gasteiger charge is 2.32. The van der Waals surface area contributed by atoms with Gasteiger partial charge in [-0.25, -0.2) is 13.9 Å². The van der Waals surface area contributed by atoms with Gasteiger partial charge < -0.3 is 9.64 Å². The number of hydrogen-bond acceptors (Lipinski definition) is 3. The molecule has 0 saturated carbocycles. The number of aromatic nitrogens is 2. The predicted octanol–water partition coefficient (Wildman–Crippen LogP) is 4.88. The van der Waals surface area contributed by atoms with E-state index < -0.39 is 5.60 Å². The largest absolute Gasteiger partial charge is 0.444 e. The quantitative estimate of drug-likeness (QED) is 0.679. The Kier molecular flexibility index (Phi) is 4.86. The Labute approximate surface area is 169 Å². The Balaban J connectivity index is 1.52. The van der Waals surface area contributed by atoms with Crippen LogP contribution in [0, 0.1) is 5.82 Å². The van der Waals surface area contributed by atoms with Crippen LogP contribution < -0.4 is 0 Å². The molecule has 1 amide bonds. The molecule has 5 nitrogen and oxygen atoms in total. The van der Waals surface area contributed by atoms with Crippen molar-refractivity contribution in [2.75, 3.05) is 13.1 Å². The minimum Gasteiger partial charge on any atom is -0.444 e. The fraction of sp³-hybridized carbons (Fsp3) is 0.524. The summed E-state index contributed by atoms with van der Waals surface area (Å²) in [6.45, 7) is 6.87. The van der Waals surface area contributed by atoms with Crippen molar-refractivity contribution in [1.82, 2.24) is 14.7 Å². The van der Waals surface area contributed by atoms with E-state index in [9.17, 15) is 9.18 Å². The maximum Gasteiger partial charge on any atom is 0.410 e. The van der Waals surface area contributed by atoms with E-state index in [2.05, 4.69) is 0 Å². The second kappa shape index (κ2) is 7.07. The molecule has 1 aromatic carbocycles. The van der Waals surface area contributed by atoms with Crippen LogP contribution in [0.15, 0.2) is 18.2 Å². The molecule has 1 saturated heterocycles. The summed E-state index contributed by atoms with van der Waals surface area (Å²) in [5.74, 6) is -0.0247. The average molecular weight is 406 g/mol. The first-order valence-electron chi connectivity index (χ1n) is 9.77. The predicted molar refractivity (Wildman–Crippen MR) is 106 cm³/mol. The van der Waals surface area contributed by atoms with E-state index in [0.717, 1.165) is 48.3 Å². The van der Waals surface area contributed by atoms with E-state index in [1.165, 1.54) is 6.07 Å². The van der Waals surface area contributed by atoms with Crippen molar-refractivity contribution >= 4 is 17.7 Å². The van der Waals surface area contributed by atoms with Gasteiger partial charge in [0.2, 0.25) is 0 Å². The third-order valence-electron chi connectivity index (χ3n) is 5.38. The number of carbonyl (C=O) groups is 1. The standard InChI is InChI=1S/C21H25ClFN3O2/c1-21(2,3)28-20(27)25-10-8-13(9-11-25)19-18(22)17-6-4-14-12-15(23)5-7-16(14)26(17)24-19/h5,7,12-13H,4,6,8-11H2,1-3H3. The molecule has 2 aliphatic heterocycles. The molecule has 150 valence electrons. The number of rotatable bonds is 1. The number of benzene rings is 1. The first kappa shape index (κ1) is 19.2. The van der Waals surface area contributed by atoms with E-state index in [1.54, 1.807) is 17.0 Å². The summed E-state index contributed by atoms with van der Waals surface area (Å²) >= 11 is 6.70. The zero-order valence-electron chi connectivity index (χ0n) is 16.5. The summed E-state index contributed by atoms with van der Waals surface area (Å²) < 4.78 is 20.9. The van der Waals surface area contributed by atoms with Crippen molar-refractivity contribution in [2.24, 2.45) is 0 Å². The first-order valence-corrected chi connectivity index (χ1v) is 10.1. The number of fused-ring (bicyclic) bond motifs is 3. The molecule has 0 radical (unpaired) electrons. The van der Waals surface area contributed by atoms with Gasteiger partial charge in [0.15, 0.2) is 0 Å². The van der Waals surface area contributed by atoms with E-state index >= 15 is 0 Å². The van der Waals surface area contributed by atoms with Gasteiger partial charge in [0, 0.05) is 19.0 Å². The molecule has 7 heteroatoms. The van der Waals surface area contributed by atoms with Gasteiger partial charge in [0.1, 0.15) is 11.4 Å². The lowest BCUT2D eigenvalue weighted by atomic mass is 9.93. The van der Waals surface area contributed by atoms with Gasteiger partial charge in [-0.05, 0) is 70.2 Å². The van der Waals surface area contributed by atoms with Crippen molar-refractivity contribution in [2.45, 2.75) is 58.0 Å². The summed E-state index contributed by atoms with van der Waals surface area (Å²) in [6.07, 6.45) is 2.84. The van der Waals surface area contributed by atoms with Gasteiger partial charge in [-0.3, -0.25) is 0 Å². The fourth-order valence-corrected chi connectivity index (χ4v) is 4.37. The third-order valence-corrected chi connectivity index (χ3v) is 5.79. The lowest BCUT2D eigenvalue weighted by molar-refractivity contribution is 0.0204. The van der Waals surface area contributed by atoms with Crippen molar-refractivity contribution in [1.29, 1.82) is 0 Å². The number of nitrogens with zero attached hydrogens (tertiary/aromatic N) is 3. The fourth-order valence-electron chi connectivity index (χ4n) is 4.00. The lowest BCUT2D eigenvalue weighted by Crippen LogP contribution is -2.41. The molecule has 0 bridgehead atoms. The number of piperidine rings is 1. The van der Waals surface area contributed by atoms with Crippen molar-refractivity contribution in [3.05, 3.63) is 46.0 Å². The number of carbonyl (C=O) groups excluding carboxylic acids is 1. The maximum absolute atomic E-state index is 13.6. The highest BCUT2D eigenvalue weighted by atomic mass is 35.5. The summed E-state index contributed by atoms with van der Waals surface area (Å²) in [7, 11) is 0. The lowest BCUT2D eigenvalue weighted by Gasteiger charge is -2.33. The van der Waals surface area contributed by atoms with Gasteiger partial charge in [0.25, 0.3) is 0 Å². The molecule has 2 aliphatic rings. The SMILES string of the molecule is CC(C)(C)OC(=O)N1CCC(c2nn3c(c2Cl)CCc2cc(F)ccc2-3)CC1. The van der Waals surface area contributed by atoms with Crippen LogP contribution in [-0.2, 0) is 17.6 Å². The molecule has 1 fully saturated rings. The van der Waals surface area contributed by atoms with Crippen LogP contribution in [0.1, 0.15) is 56.5 Å². The zero-order valence-corrected chi connectivity index (χ0v) is 17.2. The van der Waals surface area contributed by atoms with Gasteiger partial charge in [0.05, 0.1) is 22.1 Å². The van der Waals surface area contributed by atoms with Gasteiger partial charge in [-0.1, -0.05) is 11.6 Å². The minimum absolute atomic E-state index is 0.202. The summed E-state index contributed by atoms with van der Waals surface area (Å²) in [5.41, 5.74) is 3.25. The van der Waals surface area contributed by atoms with Crippen LogP contribution >= 0.6 is 11.6 Å². The number of amides is 1. The first-order chi connectivity index (χ1) is 13.2. The van der Waals surface area contributed by atoms with Crippen molar-refractivity contribution in [3.63, 3.8) is 0 Å².